The molecule has 24 heavy (non-hydrogen) atoms. The van der Waals surface area contributed by atoms with Gasteiger partial charge >= 0.3 is 0 Å². The van der Waals surface area contributed by atoms with Gasteiger partial charge in [0, 0.05) is 14.1 Å². The van der Waals surface area contributed by atoms with Crippen LogP contribution >= 0.6 is 11.6 Å². The number of benzene rings is 1. The Bertz CT molecular complexity index is 867. The largest absolute Gasteiger partial charge is 0.382 e. The topological polar surface area (TPSA) is 127 Å². The predicted molar refractivity (Wildman–Crippen MR) is 85.5 cm³/mol. The Kier molecular flexibility index (Phi) is 5.49. The van der Waals surface area contributed by atoms with Crippen molar-refractivity contribution in [3.8, 4) is 0 Å². The van der Waals surface area contributed by atoms with Gasteiger partial charge in [0.2, 0.25) is 0 Å². The molecule has 0 aliphatic carbocycles. The van der Waals surface area contributed by atoms with Gasteiger partial charge in [0.25, 0.3) is 10.2 Å². The van der Waals surface area contributed by atoms with E-state index in [2.05, 4.69) is 24.7 Å². The normalized spacial score (nSPS) is 12.8. The Labute approximate surface area is 142 Å². The Morgan fingerprint density at radius 3 is 2.79 bits per heavy atom. The third-order valence-corrected chi connectivity index (χ3v) is 4.61. The number of rotatable bonds is 6. The molecule has 12 heteroatoms. The fourth-order valence-electron chi connectivity index (χ4n) is 1.55. The highest BCUT2D eigenvalue weighted by Crippen LogP contribution is 2.22. The van der Waals surface area contributed by atoms with Crippen LogP contribution in [-0.2, 0) is 16.8 Å². The van der Waals surface area contributed by atoms with Crippen molar-refractivity contribution in [3.63, 3.8) is 0 Å². The molecule has 3 N–H and O–H groups in total. The van der Waals surface area contributed by atoms with E-state index in [0.717, 1.165) is 10.4 Å². The van der Waals surface area contributed by atoms with Crippen LogP contribution in [-0.4, -0.2) is 43.0 Å². The first kappa shape index (κ1) is 18.3. The van der Waals surface area contributed by atoms with Crippen molar-refractivity contribution in [3.05, 3.63) is 40.4 Å². The molecule has 0 bridgehead atoms. The van der Waals surface area contributed by atoms with E-state index < -0.39 is 16.0 Å². The van der Waals surface area contributed by atoms with Crippen molar-refractivity contribution in [1.29, 1.82) is 0 Å². The SMILES string of the molecule is CN(C)S(=O)(=O)NCc1nonc1C(N)=Nc1ccc(F)c(Cl)c1. The number of amidine groups is 1. The third-order valence-electron chi connectivity index (χ3n) is 2.85. The minimum absolute atomic E-state index is 0.0666. The Hall–Kier alpha value is -2.08. The number of nitrogens with one attached hydrogen (secondary N) is 1. The van der Waals surface area contributed by atoms with Gasteiger partial charge in [0.1, 0.15) is 11.5 Å². The van der Waals surface area contributed by atoms with Crippen molar-refractivity contribution in [2.24, 2.45) is 10.7 Å². The number of halogens is 2. The lowest BCUT2D eigenvalue weighted by Gasteiger charge is -2.11. The molecule has 9 nitrogen and oxygen atoms in total. The van der Waals surface area contributed by atoms with Gasteiger partial charge in [-0.2, -0.15) is 17.4 Å². The number of aromatic nitrogens is 2. The number of hydrogen-bond donors (Lipinski definition) is 2. The molecule has 1 heterocycles. The van der Waals surface area contributed by atoms with Gasteiger partial charge < -0.3 is 5.73 Å². The van der Waals surface area contributed by atoms with Crippen molar-refractivity contribution in [1.82, 2.24) is 19.3 Å². The number of hydrogen-bond acceptors (Lipinski definition) is 6. The molecule has 1 aromatic heterocycles. The highest BCUT2D eigenvalue weighted by Gasteiger charge is 2.18. The molecule has 0 saturated heterocycles. The van der Waals surface area contributed by atoms with E-state index in [0.29, 0.717) is 5.69 Å². The first-order chi connectivity index (χ1) is 11.2. The Balaban J connectivity index is 2.22. The molecule has 2 aromatic rings. The van der Waals surface area contributed by atoms with Crippen molar-refractivity contribution >= 4 is 33.3 Å². The lowest BCUT2D eigenvalue weighted by Crippen LogP contribution is -2.35. The summed E-state index contributed by atoms with van der Waals surface area (Å²) in [7, 11) is -0.905. The van der Waals surface area contributed by atoms with Gasteiger partial charge in [0.05, 0.1) is 17.3 Å². The molecule has 2 rings (SSSR count). The summed E-state index contributed by atoms with van der Waals surface area (Å²) >= 11 is 5.67. The summed E-state index contributed by atoms with van der Waals surface area (Å²) in [6, 6.07) is 3.79. The molecule has 130 valence electrons. The molecule has 0 amide bonds. The second kappa shape index (κ2) is 7.21. The second-order valence-corrected chi connectivity index (χ2v) is 7.14. The molecule has 0 unspecified atom stereocenters. The lowest BCUT2D eigenvalue weighted by atomic mass is 10.3. The van der Waals surface area contributed by atoms with Crippen LogP contribution in [0.3, 0.4) is 0 Å². The van der Waals surface area contributed by atoms with E-state index in [4.69, 9.17) is 17.3 Å². The summed E-state index contributed by atoms with van der Waals surface area (Å²) < 4.78 is 44.4. The number of aliphatic imine (C=N–C) groups is 1. The molecule has 1 aromatic carbocycles. The standard InChI is InChI=1S/C12H14ClFN6O3S/c1-20(2)24(21,22)16-6-10-11(19-23-18-10)12(15)17-7-3-4-9(14)8(13)5-7/h3-5,16H,6H2,1-2H3,(H2,15,17). The van der Waals surface area contributed by atoms with Crippen LogP contribution in [0.5, 0.6) is 0 Å². The molecule has 0 atom stereocenters. The van der Waals surface area contributed by atoms with Crippen LogP contribution in [0.1, 0.15) is 11.4 Å². The van der Waals surface area contributed by atoms with Crippen molar-refractivity contribution in [2.75, 3.05) is 14.1 Å². The molecule has 0 radical (unpaired) electrons. The van der Waals surface area contributed by atoms with Crippen molar-refractivity contribution in [2.45, 2.75) is 6.54 Å². The molecule has 0 aliphatic heterocycles. The van der Waals surface area contributed by atoms with E-state index in [1.165, 1.54) is 26.2 Å². The maximum atomic E-state index is 13.1. The summed E-state index contributed by atoms with van der Waals surface area (Å²) in [5.41, 5.74) is 6.33. The first-order valence-electron chi connectivity index (χ1n) is 6.49. The van der Waals surface area contributed by atoms with Crippen LogP contribution in [0.2, 0.25) is 5.02 Å². The van der Waals surface area contributed by atoms with Gasteiger partial charge in [-0.05, 0) is 23.4 Å². The summed E-state index contributed by atoms with van der Waals surface area (Å²) in [4.78, 5) is 4.04. The minimum Gasteiger partial charge on any atom is -0.382 e. The van der Waals surface area contributed by atoms with E-state index in [1.807, 2.05) is 0 Å². The van der Waals surface area contributed by atoms with Crippen LogP contribution in [0.25, 0.3) is 0 Å². The molecular weight excluding hydrogens is 363 g/mol. The van der Waals surface area contributed by atoms with Crippen molar-refractivity contribution < 1.29 is 17.4 Å². The Morgan fingerprint density at radius 2 is 2.17 bits per heavy atom. The zero-order valence-electron chi connectivity index (χ0n) is 12.7. The molecule has 0 aliphatic rings. The summed E-state index contributed by atoms with van der Waals surface area (Å²) in [6.07, 6.45) is 0. The van der Waals surface area contributed by atoms with Crippen LogP contribution < -0.4 is 10.5 Å². The third kappa shape index (κ3) is 4.26. The van der Waals surface area contributed by atoms with Gasteiger partial charge in [-0.1, -0.05) is 16.8 Å². The quantitative estimate of drug-likeness (QED) is 0.567. The maximum Gasteiger partial charge on any atom is 0.279 e. The summed E-state index contributed by atoms with van der Waals surface area (Å²) in [6.45, 7) is -0.195. The van der Waals surface area contributed by atoms with E-state index >= 15 is 0 Å². The molecule has 0 fully saturated rings. The Morgan fingerprint density at radius 1 is 1.46 bits per heavy atom. The van der Waals surface area contributed by atoms with Crippen LogP contribution in [0.4, 0.5) is 10.1 Å². The summed E-state index contributed by atoms with van der Waals surface area (Å²) in [5.74, 6) is -0.672. The average molecular weight is 377 g/mol. The monoisotopic (exact) mass is 376 g/mol. The summed E-state index contributed by atoms with van der Waals surface area (Å²) in [5, 5.41) is 7.08. The van der Waals surface area contributed by atoms with Gasteiger partial charge in [0.15, 0.2) is 11.5 Å². The van der Waals surface area contributed by atoms with E-state index in [1.54, 1.807) is 0 Å². The van der Waals surface area contributed by atoms with Gasteiger partial charge in [-0.15, -0.1) is 0 Å². The van der Waals surface area contributed by atoms with Crippen LogP contribution in [0.15, 0.2) is 27.8 Å². The predicted octanol–water partition coefficient (Wildman–Crippen LogP) is 0.795. The fraction of sp³-hybridized carbons (Fsp3) is 0.250. The van der Waals surface area contributed by atoms with Gasteiger partial charge in [-0.3, -0.25) is 0 Å². The zero-order chi connectivity index (χ0) is 17.9. The maximum absolute atomic E-state index is 13.1. The second-order valence-electron chi connectivity index (χ2n) is 4.76. The number of nitrogens with two attached hydrogens (primary N) is 1. The van der Waals surface area contributed by atoms with Crippen LogP contribution in [0, 0.1) is 5.82 Å². The molecular formula is C12H14ClFN6O3S. The fourth-order valence-corrected chi connectivity index (χ4v) is 2.30. The van der Waals surface area contributed by atoms with Gasteiger partial charge in [-0.25, -0.2) is 14.0 Å². The average Bonchev–Trinajstić information content (AvgIpc) is 2.97. The highest BCUT2D eigenvalue weighted by molar-refractivity contribution is 7.87. The number of nitrogens with zero attached hydrogens (tertiary/aromatic N) is 4. The minimum atomic E-state index is -3.65. The smallest absolute Gasteiger partial charge is 0.279 e. The molecule has 0 saturated carbocycles. The highest BCUT2D eigenvalue weighted by atomic mass is 35.5. The van der Waals surface area contributed by atoms with E-state index in [9.17, 15) is 12.8 Å². The molecule has 0 spiro atoms. The van der Waals surface area contributed by atoms with E-state index in [-0.39, 0.29) is 28.8 Å². The first-order valence-corrected chi connectivity index (χ1v) is 8.30. The lowest BCUT2D eigenvalue weighted by molar-refractivity contribution is 0.302. The zero-order valence-corrected chi connectivity index (χ0v) is 14.3.